The lowest BCUT2D eigenvalue weighted by Crippen LogP contribution is -2.47. The fraction of sp³-hybridized carbons (Fsp3) is 0.875. The summed E-state index contributed by atoms with van der Waals surface area (Å²) in [6.45, 7) is 1.22. The van der Waals surface area contributed by atoms with Crippen molar-refractivity contribution < 1.29 is 19.8 Å². The highest BCUT2D eigenvalue weighted by molar-refractivity contribution is 6.35. The highest BCUT2D eigenvalue weighted by Crippen LogP contribution is 2.38. The van der Waals surface area contributed by atoms with Gasteiger partial charge in [-0.3, -0.25) is 9.59 Å². The van der Waals surface area contributed by atoms with Crippen LogP contribution in [-0.4, -0.2) is 58.8 Å². The predicted octanol–water partition coefficient (Wildman–Crippen LogP) is -0.117. The van der Waals surface area contributed by atoms with Crippen LogP contribution < -0.4 is 5.32 Å². The summed E-state index contributed by atoms with van der Waals surface area (Å²) in [5, 5.41) is 21.8. The van der Waals surface area contributed by atoms with Crippen molar-refractivity contribution in [2.24, 2.45) is 17.8 Å². The van der Waals surface area contributed by atoms with E-state index in [0.29, 0.717) is 25.4 Å². The summed E-state index contributed by atoms with van der Waals surface area (Å²) in [6.07, 6.45) is 5.03. The Kier molecular flexibility index (Phi) is 4.68. The maximum absolute atomic E-state index is 12.3. The van der Waals surface area contributed by atoms with Crippen LogP contribution in [0.5, 0.6) is 0 Å². The first-order valence-electron chi connectivity index (χ1n) is 8.49. The first kappa shape index (κ1) is 15.7. The molecule has 2 saturated carbocycles. The van der Waals surface area contributed by atoms with Gasteiger partial charge in [-0.15, -0.1) is 0 Å². The Morgan fingerprint density at radius 2 is 1.95 bits per heavy atom. The van der Waals surface area contributed by atoms with Gasteiger partial charge in [-0.25, -0.2) is 0 Å². The van der Waals surface area contributed by atoms with Crippen molar-refractivity contribution in [2.75, 3.05) is 19.7 Å². The lowest BCUT2D eigenvalue weighted by Gasteiger charge is -2.22. The molecule has 3 N–H and O–H groups in total. The van der Waals surface area contributed by atoms with Gasteiger partial charge in [0.05, 0.1) is 6.10 Å². The van der Waals surface area contributed by atoms with Crippen LogP contribution in [0.4, 0.5) is 0 Å². The van der Waals surface area contributed by atoms with Crippen LogP contribution in [0.1, 0.15) is 38.5 Å². The van der Waals surface area contributed by atoms with E-state index in [2.05, 4.69) is 5.32 Å². The van der Waals surface area contributed by atoms with Crippen molar-refractivity contribution in [3.63, 3.8) is 0 Å². The van der Waals surface area contributed by atoms with E-state index in [1.165, 1.54) is 0 Å². The summed E-state index contributed by atoms with van der Waals surface area (Å²) in [6, 6.07) is 0.0105. The molecule has 0 spiro atoms. The third kappa shape index (κ3) is 2.99. The molecule has 0 aromatic heterocycles. The van der Waals surface area contributed by atoms with Crippen molar-refractivity contribution >= 4 is 11.8 Å². The molecule has 0 aromatic carbocycles. The van der Waals surface area contributed by atoms with E-state index in [0.717, 1.165) is 32.1 Å². The number of rotatable bonds is 3. The molecule has 3 rings (SSSR count). The van der Waals surface area contributed by atoms with Crippen molar-refractivity contribution in [2.45, 2.75) is 50.7 Å². The molecular formula is C16H26N2O4. The fourth-order valence-corrected chi connectivity index (χ4v) is 4.51. The van der Waals surface area contributed by atoms with Gasteiger partial charge in [-0.1, -0.05) is 6.42 Å². The van der Waals surface area contributed by atoms with E-state index in [1.807, 2.05) is 0 Å². The minimum atomic E-state index is -0.524. The maximum atomic E-state index is 12.3. The summed E-state index contributed by atoms with van der Waals surface area (Å²) >= 11 is 0. The fourth-order valence-electron chi connectivity index (χ4n) is 4.51. The van der Waals surface area contributed by atoms with Crippen LogP contribution in [0.3, 0.4) is 0 Å². The zero-order chi connectivity index (χ0) is 15.7. The lowest BCUT2D eigenvalue weighted by molar-refractivity contribution is -0.146. The molecule has 3 fully saturated rings. The molecule has 22 heavy (non-hydrogen) atoms. The summed E-state index contributed by atoms with van der Waals surface area (Å²) in [5.74, 6) is -0.215. The van der Waals surface area contributed by atoms with Gasteiger partial charge in [0.1, 0.15) is 0 Å². The second-order valence-corrected chi connectivity index (χ2v) is 7.06. The Morgan fingerprint density at radius 3 is 2.68 bits per heavy atom. The van der Waals surface area contributed by atoms with E-state index in [9.17, 15) is 14.7 Å². The molecule has 3 aliphatic rings. The first-order valence-corrected chi connectivity index (χ1v) is 8.49. The Bertz CT molecular complexity index is 442. The number of carbonyl (C=O) groups is 2. The molecule has 6 heteroatoms. The number of nitrogens with zero attached hydrogens (tertiary/aromatic N) is 1. The first-order chi connectivity index (χ1) is 10.6. The molecular weight excluding hydrogens is 284 g/mol. The summed E-state index contributed by atoms with van der Waals surface area (Å²) in [4.78, 5) is 26.1. The third-order valence-corrected chi connectivity index (χ3v) is 5.78. The molecule has 2 aliphatic carbocycles. The van der Waals surface area contributed by atoms with Crippen molar-refractivity contribution in [3.8, 4) is 0 Å². The van der Waals surface area contributed by atoms with Crippen LogP contribution in [0.25, 0.3) is 0 Å². The molecule has 0 radical (unpaired) electrons. The monoisotopic (exact) mass is 310 g/mol. The van der Waals surface area contributed by atoms with Crippen LogP contribution in [-0.2, 0) is 9.59 Å². The largest absolute Gasteiger partial charge is 0.396 e. The van der Waals surface area contributed by atoms with Gasteiger partial charge in [-0.2, -0.15) is 0 Å². The van der Waals surface area contributed by atoms with Gasteiger partial charge in [0, 0.05) is 31.7 Å². The number of aliphatic hydroxyl groups excluding tert-OH is 2. The number of nitrogens with one attached hydrogen (secondary N) is 1. The van der Waals surface area contributed by atoms with Gasteiger partial charge in [0.2, 0.25) is 0 Å². The summed E-state index contributed by atoms with van der Waals surface area (Å²) in [7, 11) is 0. The minimum absolute atomic E-state index is 0.0105. The third-order valence-electron chi connectivity index (χ3n) is 5.78. The number of hydrogen-bond donors (Lipinski definition) is 3. The molecule has 1 saturated heterocycles. The van der Waals surface area contributed by atoms with Crippen LogP contribution in [0, 0.1) is 17.8 Å². The van der Waals surface area contributed by atoms with Gasteiger partial charge in [0.15, 0.2) is 0 Å². The average Bonchev–Trinajstić information content (AvgIpc) is 3.18. The van der Waals surface area contributed by atoms with Gasteiger partial charge in [0.25, 0.3) is 0 Å². The van der Waals surface area contributed by atoms with Crippen molar-refractivity contribution in [1.82, 2.24) is 10.2 Å². The predicted molar refractivity (Wildman–Crippen MR) is 79.8 cm³/mol. The Hall–Kier alpha value is -1.14. The minimum Gasteiger partial charge on any atom is -0.396 e. The van der Waals surface area contributed by atoms with Crippen LogP contribution in [0.15, 0.2) is 0 Å². The summed E-state index contributed by atoms with van der Waals surface area (Å²) < 4.78 is 0. The number of fused-ring (bicyclic) bond motifs is 1. The summed E-state index contributed by atoms with van der Waals surface area (Å²) in [5.41, 5.74) is 0. The van der Waals surface area contributed by atoms with Crippen molar-refractivity contribution in [1.29, 1.82) is 0 Å². The standard InChI is InChI=1S/C16H26N2O4/c19-7-6-10-2-1-3-13(10)17-15(21)16(22)18-8-11-4-5-14(20)12(11)9-18/h10-14,19-20H,1-9H2,(H,17,21)/t10?,11-,12+,13?,14-/m0/s1. The zero-order valence-corrected chi connectivity index (χ0v) is 12.9. The van der Waals surface area contributed by atoms with Gasteiger partial charge >= 0.3 is 11.8 Å². The van der Waals surface area contributed by atoms with Gasteiger partial charge in [-0.05, 0) is 43.9 Å². The smallest absolute Gasteiger partial charge is 0.311 e. The number of aliphatic hydroxyl groups is 2. The molecule has 1 heterocycles. The van der Waals surface area contributed by atoms with Gasteiger partial charge < -0.3 is 20.4 Å². The Labute approximate surface area is 130 Å². The number of likely N-dealkylation sites (tertiary alicyclic amines) is 1. The molecule has 5 atom stereocenters. The second kappa shape index (κ2) is 6.54. The van der Waals surface area contributed by atoms with E-state index in [-0.39, 0.29) is 30.6 Å². The lowest BCUT2D eigenvalue weighted by atomic mass is 10.00. The molecule has 2 unspecified atom stereocenters. The SMILES string of the molecule is O=C(NC1CCCC1CCO)C(=O)N1C[C@@H]2CC[C@H](O)[C@@H]2C1. The molecule has 1 aliphatic heterocycles. The quantitative estimate of drug-likeness (QED) is 0.634. The maximum Gasteiger partial charge on any atom is 0.311 e. The highest BCUT2D eigenvalue weighted by Gasteiger charge is 2.44. The number of amides is 2. The Balaban J connectivity index is 1.53. The molecule has 0 bridgehead atoms. The number of carbonyl (C=O) groups excluding carboxylic acids is 2. The second-order valence-electron chi connectivity index (χ2n) is 7.06. The molecule has 124 valence electrons. The number of hydrogen-bond acceptors (Lipinski definition) is 4. The molecule has 6 nitrogen and oxygen atoms in total. The van der Waals surface area contributed by atoms with Crippen LogP contribution >= 0.6 is 0 Å². The molecule has 0 aromatic rings. The highest BCUT2D eigenvalue weighted by atomic mass is 16.3. The van der Waals surface area contributed by atoms with E-state index in [4.69, 9.17) is 5.11 Å². The van der Waals surface area contributed by atoms with Crippen LogP contribution in [0.2, 0.25) is 0 Å². The average molecular weight is 310 g/mol. The Morgan fingerprint density at radius 1 is 1.14 bits per heavy atom. The zero-order valence-electron chi connectivity index (χ0n) is 12.9. The van der Waals surface area contributed by atoms with E-state index >= 15 is 0 Å². The van der Waals surface area contributed by atoms with E-state index in [1.54, 1.807) is 4.90 Å². The topological polar surface area (TPSA) is 89.9 Å². The normalized spacial score (nSPS) is 37.4. The molecule has 2 amide bonds. The van der Waals surface area contributed by atoms with Crippen molar-refractivity contribution in [3.05, 3.63) is 0 Å². The van der Waals surface area contributed by atoms with E-state index < -0.39 is 11.8 Å².